The maximum atomic E-state index is 11.6. The van der Waals surface area contributed by atoms with Gasteiger partial charge in [-0.2, -0.15) is 0 Å². The number of aromatic nitrogens is 2. The van der Waals surface area contributed by atoms with E-state index in [9.17, 15) is 14.7 Å². The molecule has 0 aliphatic heterocycles. The normalized spacial score (nSPS) is 10.7. The van der Waals surface area contributed by atoms with E-state index in [1.54, 1.807) is 0 Å². The molecule has 5 nitrogen and oxygen atoms in total. The summed E-state index contributed by atoms with van der Waals surface area (Å²) in [5.41, 5.74) is 4.36. The average Bonchev–Trinajstić information content (AvgIpc) is 2.69. The van der Waals surface area contributed by atoms with Gasteiger partial charge in [-0.15, -0.1) is 0 Å². The summed E-state index contributed by atoms with van der Waals surface area (Å²) >= 11 is 0. The van der Waals surface area contributed by atoms with E-state index in [-0.39, 0.29) is 5.56 Å². The zero-order valence-electron chi connectivity index (χ0n) is 11.3. The van der Waals surface area contributed by atoms with Crippen LogP contribution >= 0.6 is 0 Å². The van der Waals surface area contributed by atoms with E-state index in [0.717, 1.165) is 27.8 Å². The predicted molar refractivity (Wildman–Crippen MR) is 72.8 cm³/mol. The van der Waals surface area contributed by atoms with Gasteiger partial charge in [0.2, 0.25) is 0 Å². The minimum absolute atomic E-state index is 0.240. The number of rotatable bonds is 2. The summed E-state index contributed by atoms with van der Waals surface area (Å²) in [4.78, 5) is 22.8. The number of aromatic carboxylic acids is 1. The Morgan fingerprint density at radius 3 is 2.05 bits per heavy atom. The van der Waals surface area contributed by atoms with Crippen LogP contribution in [-0.2, 0) is 0 Å². The van der Waals surface area contributed by atoms with Crippen LogP contribution in [0.25, 0.3) is 11.3 Å². The number of hydrogen-bond acceptors (Lipinski definition) is 2. The lowest BCUT2D eigenvalue weighted by atomic mass is 9.91. The smallest absolute Gasteiger partial charge is 0.343 e. The van der Waals surface area contributed by atoms with Gasteiger partial charge in [-0.25, -0.2) is 4.79 Å². The van der Waals surface area contributed by atoms with E-state index in [0.29, 0.717) is 5.69 Å². The van der Waals surface area contributed by atoms with E-state index in [1.165, 1.54) is 0 Å². The Balaban J connectivity index is 2.87. The number of carboxylic acids is 1. The van der Waals surface area contributed by atoms with Crippen molar-refractivity contribution in [2.45, 2.75) is 27.7 Å². The number of nitrogens with one attached hydrogen (secondary N) is 2. The zero-order valence-corrected chi connectivity index (χ0v) is 11.3. The summed E-state index contributed by atoms with van der Waals surface area (Å²) in [7, 11) is 0. The topological polar surface area (TPSA) is 86.0 Å². The van der Waals surface area contributed by atoms with Crippen LogP contribution in [0.4, 0.5) is 0 Å². The van der Waals surface area contributed by atoms with E-state index in [4.69, 9.17) is 0 Å². The molecule has 0 aliphatic carbocycles. The molecule has 19 heavy (non-hydrogen) atoms. The lowest BCUT2D eigenvalue weighted by Gasteiger charge is -2.14. The third-order valence-electron chi connectivity index (χ3n) is 3.61. The van der Waals surface area contributed by atoms with Crippen LogP contribution in [0.5, 0.6) is 0 Å². The molecule has 0 spiro atoms. The second-order valence-corrected chi connectivity index (χ2v) is 4.77. The molecular formula is C14H16N2O3. The van der Waals surface area contributed by atoms with E-state index < -0.39 is 11.5 Å². The Kier molecular flexibility index (Phi) is 3.06. The van der Waals surface area contributed by atoms with Crippen LogP contribution in [0.3, 0.4) is 0 Å². The number of H-pyrrole nitrogens is 2. The Morgan fingerprint density at radius 2 is 1.58 bits per heavy atom. The van der Waals surface area contributed by atoms with E-state index in [1.807, 2.05) is 27.7 Å². The molecule has 0 amide bonds. The van der Waals surface area contributed by atoms with Crippen LogP contribution in [0.1, 0.15) is 32.6 Å². The highest BCUT2D eigenvalue weighted by atomic mass is 16.4. The molecule has 0 atom stereocenters. The maximum Gasteiger partial charge on any atom is 0.343 e. The molecule has 3 N–H and O–H groups in total. The van der Waals surface area contributed by atoms with Crippen molar-refractivity contribution < 1.29 is 9.90 Å². The molecule has 2 rings (SSSR count). The Morgan fingerprint density at radius 1 is 1.05 bits per heavy atom. The second-order valence-electron chi connectivity index (χ2n) is 4.77. The van der Waals surface area contributed by atoms with Gasteiger partial charge < -0.3 is 5.11 Å². The number of benzene rings is 1. The van der Waals surface area contributed by atoms with Gasteiger partial charge in [-0.3, -0.25) is 15.0 Å². The van der Waals surface area contributed by atoms with Crippen LogP contribution in [0.2, 0.25) is 0 Å². The van der Waals surface area contributed by atoms with Gasteiger partial charge in [0, 0.05) is 5.56 Å². The molecule has 0 saturated carbocycles. The highest BCUT2D eigenvalue weighted by molar-refractivity contribution is 5.95. The van der Waals surface area contributed by atoms with Crippen molar-refractivity contribution in [2.24, 2.45) is 0 Å². The van der Waals surface area contributed by atoms with Gasteiger partial charge in [0.05, 0.1) is 5.69 Å². The van der Waals surface area contributed by atoms with Crippen LogP contribution in [0.15, 0.2) is 10.9 Å². The van der Waals surface area contributed by atoms with Gasteiger partial charge in [0.25, 0.3) is 5.56 Å². The Hall–Kier alpha value is -2.30. The van der Waals surface area contributed by atoms with Crippen molar-refractivity contribution in [1.82, 2.24) is 10.2 Å². The summed E-state index contributed by atoms with van der Waals surface area (Å²) < 4.78 is 0. The van der Waals surface area contributed by atoms with Crippen LogP contribution < -0.4 is 5.56 Å². The molecule has 0 aliphatic rings. The molecule has 0 fully saturated rings. The SMILES string of the molecule is Cc1cc(C)c(C)c(-c2[nH][nH]c(=O)c2C(=O)O)c1C. The van der Waals surface area contributed by atoms with Gasteiger partial charge in [-0.1, -0.05) is 6.07 Å². The molecule has 1 aromatic heterocycles. The standard InChI is InChI=1S/C14H16N2O3/c1-6-5-7(2)9(4)10(8(6)3)12-11(14(18)19)13(17)16-15-12/h5H,1-4H3,(H,18,19)(H2,15,16,17). The molecule has 100 valence electrons. The summed E-state index contributed by atoms with van der Waals surface area (Å²) in [6.07, 6.45) is 0. The average molecular weight is 260 g/mol. The molecule has 0 saturated heterocycles. The lowest BCUT2D eigenvalue weighted by molar-refractivity contribution is 0.0696. The first-order chi connectivity index (χ1) is 8.84. The summed E-state index contributed by atoms with van der Waals surface area (Å²) in [6, 6.07) is 2.05. The van der Waals surface area contributed by atoms with E-state index >= 15 is 0 Å². The minimum Gasteiger partial charge on any atom is -0.477 e. The first-order valence-corrected chi connectivity index (χ1v) is 5.96. The number of aryl methyl sites for hydroxylation is 2. The maximum absolute atomic E-state index is 11.6. The summed E-state index contributed by atoms with van der Waals surface area (Å²) in [5, 5.41) is 14.2. The summed E-state index contributed by atoms with van der Waals surface area (Å²) in [5.74, 6) is -1.23. The van der Waals surface area contributed by atoms with Crippen molar-refractivity contribution in [1.29, 1.82) is 0 Å². The monoisotopic (exact) mass is 260 g/mol. The van der Waals surface area contributed by atoms with Gasteiger partial charge in [-0.05, 0) is 49.9 Å². The number of carboxylic acid groups (broad SMARTS) is 1. The van der Waals surface area contributed by atoms with Gasteiger partial charge in [0.15, 0.2) is 5.56 Å². The third kappa shape index (κ3) is 1.97. The fraction of sp³-hybridized carbons (Fsp3) is 0.286. The van der Waals surface area contributed by atoms with Crippen molar-refractivity contribution in [3.05, 3.63) is 44.2 Å². The molecule has 2 aromatic rings. The molecule has 0 bridgehead atoms. The first-order valence-electron chi connectivity index (χ1n) is 5.96. The fourth-order valence-electron chi connectivity index (χ4n) is 2.34. The number of aromatic amines is 2. The molecule has 0 radical (unpaired) electrons. The Labute approximate surface area is 110 Å². The molecule has 1 heterocycles. The lowest BCUT2D eigenvalue weighted by Crippen LogP contribution is -2.12. The minimum atomic E-state index is -1.23. The van der Waals surface area contributed by atoms with Crippen LogP contribution in [0, 0.1) is 27.7 Å². The molecule has 5 heteroatoms. The van der Waals surface area contributed by atoms with Crippen molar-refractivity contribution in [3.8, 4) is 11.3 Å². The quantitative estimate of drug-likeness (QED) is 0.774. The van der Waals surface area contributed by atoms with Gasteiger partial charge >= 0.3 is 5.97 Å². The van der Waals surface area contributed by atoms with Gasteiger partial charge in [0.1, 0.15) is 0 Å². The zero-order chi connectivity index (χ0) is 14.3. The van der Waals surface area contributed by atoms with E-state index in [2.05, 4.69) is 16.3 Å². The van der Waals surface area contributed by atoms with Crippen molar-refractivity contribution in [2.75, 3.05) is 0 Å². The second kappa shape index (κ2) is 4.42. The summed E-state index contributed by atoms with van der Waals surface area (Å²) in [6.45, 7) is 7.79. The van der Waals surface area contributed by atoms with Crippen LogP contribution in [-0.4, -0.2) is 21.3 Å². The van der Waals surface area contributed by atoms with Crippen molar-refractivity contribution >= 4 is 5.97 Å². The van der Waals surface area contributed by atoms with Crippen molar-refractivity contribution in [3.63, 3.8) is 0 Å². The number of hydrogen-bond donors (Lipinski definition) is 3. The largest absolute Gasteiger partial charge is 0.477 e. The third-order valence-corrected chi connectivity index (χ3v) is 3.61. The first kappa shape index (κ1) is 13.1. The predicted octanol–water partition coefficient (Wildman–Crippen LogP) is 2.30. The number of carbonyl (C=O) groups is 1. The highest BCUT2D eigenvalue weighted by Gasteiger charge is 2.22. The Bertz CT molecular complexity index is 697. The molecular weight excluding hydrogens is 244 g/mol. The molecule has 0 unspecified atom stereocenters. The molecule has 1 aromatic carbocycles. The highest BCUT2D eigenvalue weighted by Crippen LogP contribution is 2.31. The fourth-order valence-corrected chi connectivity index (χ4v) is 2.34.